The van der Waals surface area contributed by atoms with E-state index in [1.165, 1.54) is 4.57 Å². The molecule has 21 heavy (non-hydrogen) atoms. The van der Waals surface area contributed by atoms with E-state index < -0.39 is 11.5 Å². The van der Waals surface area contributed by atoms with Gasteiger partial charge in [-0.2, -0.15) is 0 Å². The van der Waals surface area contributed by atoms with Crippen LogP contribution in [-0.4, -0.2) is 30.4 Å². The Balaban J connectivity index is 2.51. The molecule has 0 aliphatic heterocycles. The van der Waals surface area contributed by atoms with Gasteiger partial charge in [-0.15, -0.1) is 10.2 Å². The van der Waals surface area contributed by atoms with Crippen LogP contribution < -0.4 is 5.56 Å². The average Bonchev–Trinajstić information content (AvgIpc) is 2.86. The highest BCUT2D eigenvalue weighted by atomic mass is 16.4. The van der Waals surface area contributed by atoms with Crippen molar-refractivity contribution in [3.05, 3.63) is 45.9 Å². The van der Waals surface area contributed by atoms with Crippen molar-refractivity contribution in [3.8, 4) is 0 Å². The van der Waals surface area contributed by atoms with E-state index in [1.807, 2.05) is 11.5 Å². The zero-order valence-electron chi connectivity index (χ0n) is 12.3. The molecule has 2 heterocycles. The molecule has 0 saturated heterocycles. The van der Waals surface area contributed by atoms with Gasteiger partial charge in [0.1, 0.15) is 11.9 Å². The van der Waals surface area contributed by atoms with E-state index in [0.29, 0.717) is 11.4 Å². The lowest BCUT2D eigenvalue weighted by molar-refractivity contribution is 0.0693. The van der Waals surface area contributed by atoms with Gasteiger partial charge in [-0.05, 0) is 31.9 Å². The third-order valence-electron chi connectivity index (χ3n) is 3.44. The molecule has 1 N–H and O–H groups in total. The van der Waals surface area contributed by atoms with Crippen molar-refractivity contribution in [1.82, 2.24) is 19.3 Å². The second-order valence-electron chi connectivity index (χ2n) is 4.95. The summed E-state index contributed by atoms with van der Waals surface area (Å²) in [7, 11) is 0. The molecule has 0 spiro atoms. The number of aromatic carboxylic acids is 1. The lowest BCUT2D eigenvalue weighted by Crippen LogP contribution is -2.30. The van der Waals surface area contributed by atoms with E-state index in [4.69, 9.17) is 0 Å². The molecule has 0 amide bonds. The molecule has 0 radical (unpaired) electrons. The number of hydrogen-bond donors (Lipinski definition) is 1. The van der Waals surface area contributed by atoms with Crippen LogP contribution in [0, 0.1) is 6.92 Å². The summed E-state index contributed by atoms with van der Waals surface area (Å²) in [6.07, 6.45) is 4.13. The standard InChI is InChI=1S/C14H18N4O3/c1-4-6-17-8-15-16-12(17)10(3)18-7-5-9(2)11(13(18)19)14(20)21/h5,7-8,10H,4,6H2,1-3H3,(H,20,21). The molecule has 2 aromatic rings. The maximum atomic E-state index is 12.4. The normalized spacial score (nSPS) is 12.3. The fraction of sp³-hybridized carbons (Fsp3) is 0.429. The van der Waals surface area contributed by atoms with Gasteiger partial charge in [-0.3, -0.25) is 4.79 Å². The van der Waals surface area contributed by atoms with Crippen LogP contribution in [0.25, 0.3) is 0 Å². The number of hydrogen-bond acceptors (Lipinski definition) is 4. The van der Waals surface area contributed by atoms with E-state index in [9.17, 15) is 14.7 Å². The summed E-state index contributed by atoms with van der Waals surface area (Å²) in [5.74, 6) is -0.576. The third-order valence-corrected chi connectivity index (χ3v) is 3.44. The minimum Gasteiger partial charge on any atom is -0.477 e. The van der Waals surface area contributed by atoms with E-state index in [0.717, 1.165) is 13.0 Å². The van der Waals surface area contributed by atoms with Crippen molar-refractivity contribution < 1.29 is 9.90 Å². The van der Waals surface area contributed by atoms with Crippen molar-refractivity contribution in [2.45, 2.75) is 39.8 Å². The summed E-state index contributed by atoms with van der Waals surface area (Å²) in [5.41, 5.74) is -0.280. The van der Waals surface area contributed by atoms with Crippen LogP contribution in [0.5, 0.6) is 0 Å². The van der Waals surface area contributed by atoms with Crippen molar-refractivity contribution in [3.63, 3.8) is 0 Å². The van der Waals surface area contributed by atoms with Gasteiger partial charge in [0, 0.05) is 12.7 Å². The number of carboxylic acid groups (broad SMARTS) is 1. The maximum Gasteiger partial charge on any atom is 0.341 e. The molecule has 0 bridgehead atoms. The average molecular weight is 290 g/mol. The monoisotopic (exact) mass is 290 g/mol. The quantitative estimate of drug-likeness (QED) is 0.900. The Hall–Kier alpha value is -2.44. The molecular weight excluding hydrogens is 272 g/mol. The number of rotatable bonds is 5. The number of pyridine rings is 1. The Morgan fingerprint density at radius 1 is 1.48 bits per heavy atom. The maximum absolute atomic E-state index is 12.4. The first kappa shape index (κ1) is 15.0. The second kappa shape index (κ2) is 5.90. The minimum atomic E-state index is -1.21. The molecule has 2 rings (SSSR count). The zero-order valence-corrected chi connectivity index (χ0v) is 12.3. The Bertz CT molecular complexity index is 717. The number of aromatic nitrogens is 4. The van der Waals surface area contributed by atoms with Gasteiger partial charge in [0.05, 0.1) is 6.04 Å². The molecule has 7 nitrogen and oxygen atoms in total. The van der Waals surface area contributed by atoms with Gasteiger partial charge in [0.25, 0.3) is 5.56 Å². The molecule has 1 unspecified atom stereocenters. The van der Waals surface area contributed by atoms with Crippen LogP contribution in [0.15, 0.2) is 23.4 Å². The highest BCUT2D eigenvalue weighted by Gasteiger charge is 2.20. The van der Waals surface area contributed by atoms with Gasteiger partial charge in [0.2, 0.25) is 0 Å². The number of carbonyl (C=O) groups is 1. The van der Waals surface area contributed by atoms with Gasteiger partial charge < -0.3 is 14.2 Å². The van der Waals surface area contributed by atoms with Gasteiger partial charge in [-0.25, -0.2) is 4.79 Å². The van der Waals surface area contributed by atoms with Crippen LogP contribution in [0.3, 0.4) is 0 Å². The highest BCUT2D eigenvalue weighted by Crippen LogP contribution is 2.15. The minimum absolute atomic E-state index is 0.203. The summed E-state index contributed by atoms with van der Waals surface area (Å²) in [5, 5.41) is 17.1. The predicted molar refractivity (Wildman–Crippen MR) is 76.5 cm³/mol. The lowest BCUT2D eigenvalue weighted by Gasteiger charge is -2.16. The topological polar surface area (TPSA) is 90.0 Å². The van der Waals surface area contributed by atoms with Gasteiger partial charge >= 0.3 is 5.97 Å². The van der Waals surface area contributed by atoms with Gasteiger partial charge in [0.15, 0.2) is 5.82 Å². The van der Waals surface area contributed by atoms with Crippen LogP contribution >= 0.6 is 0 Å². The Morgan fingerprint density at radius 3 is 2.81 bits per heavy atom. The van der Waals surface area contributed by atoms with Crippen LogP contribution in [-0.2, 0) is 6.54 Å². The third kappa shape index (κ3) is 2.72. The van der Waals surface area contributed by atoms with Crippen molar-refractivity contribution in [1.29, 1.82) is 0 Å². The zero-order chi connectivity index (χ0) is 15.6. The smallest absolute Gasteiger partial charge is 0.341 e. The summed E-state index contributed by atoms with van der Waals surface area (Å²) < 4.78 is 3.25. The predicted octanol–water partition coefficient (Wildman–Crippen LogP) is 1.47. The first-order valence-electron chi connectivity index (χ1n) is 6.80. The lowest BCUT2D eigenvalue weighted by atomic mass is 10.1. The molecule has 0 aromatic carbocycles. The summed E-state index contributed by atoms with van der Waals surface area (Å²) in [6, 6.07) is 1.24. The summed E-state index contributed by atoms with van der Waals surface area (Å²) in [4.78, 5) is 23.6. The van der Waals surface area contributed by atoms with E-state index in [-0.39, 0.29) is 11.6 Å². The fourth-order valence-electron chi connectivity index (χ4n) is 2.33. The van der Waals surface area contributed by atoms with E-state index in [1.54, 1.807) is 32.4 Å². The van der Waals surface area contributed by atoms with E-state index >= 15 is 0 Å². The molecule has 2 aromatic heterocycles. The largest absolute Gasteiger partial charge is 0.477 e. The molecule has 1 atom stereocenters. The first-order valence-corrected chi connectivity index (χ1v) is 6.80. The first-order chi connectivity index (χ1) is 9.97. The van der Waals surface area contributed by atoms with Gasteiger partial charge in [-0.1, -0.05) is 6.92 Å². The van der Waals surface area contributed by atoms with Crippen LogP contribution in [0.4, 0.5) is 0 Å². The number of carboxylic acids is 1. The summed E-state index contributed by atoms with van der Waals surface area (Å²) >= 11 is 0. The van der Waals surface area contributed by atoms with Crippen molar-refractivity contribution in [2.24, 2.45) is 0 Å². The molecule has 0 fully saturated rings. The molecule has 7 heteroatoms. The highest BCUT2D eigenvalue weighted by molar-refractivity contribution is 5.88. The Labute approximate surface area is 121 Å². The molecule has 0 aliphatic rings. The van der Waals surface area contributed by atoms with Crippen LogP contribution in [0.1, 0.15) is 48.1 Å². The van der Waals surface area contributed by atoms with Crippen molar-refractivity contribution in [2.75, 3.05) is 0 Å². The van der Waals surface area contributed by atoms with E-state index in [2.05, 4.69) is 10.2 Å². The number of nitrogens with zero attached hydrogens (tertiary/aromatic N) is 4. The molecule has 0 saturated carbocycles. The SMILES string of the molecule is CCCn1cnnc1C(C)n1ccc(C)c(C(=O)O)c1=O. The molecule has 112 valence electrons. The summed E-state index contributed by atoms with van der Waals surface area (Å²) in [6.45, 7) is 6.20. The van der Waals surface area contributed by atoms with Crippen molar-refractivity contribution >= 4 is 5.97 Å². The Kier molecular flexibility index (Phi) is 4.21. The Morgan fingerprint density at radius 2 is 2.19 bits per heavy atom. The molecular formula is C14H18N4O3. The van der Waals surface area contributed by atoms with Crippen LogP contribution in [0.2, 0.25) is 0 Å². The second-order valence-corrected chi connectivity index (χ2v) is 4.95. The fourth-order valence-corrected chi connectivity index (χ4v) is 2.33. The number of aryl methyl sites for hydroxylation is 2. The molecule has 0 aliphatic carbocycles.